The van der Waals surface area contributed by atoms with Crippen LogP contribution in [0.4, 0.5) is 4.79 Å². The predicted octanol–water partition coefficient (Wildman–Crippen LogP) is 1.06. The van der Waals surface area contributed by atoms with E-state index in [1.807, 2.05) is 7.05 Å². The molecule has 3 nitrogen and oxygen atoms in total. The second-order valence-corrected chi connectivity index (χ2v) is 3.44. The van der Waals surface area contributed by atoms with Gasteiger partial charge in [-0.1, -0.05) is 13.8 Å². The van der Waals surface area contributed by atoms with E-state index in [-0.39, 0.29) is 6.03 Å². The van der Waals surface area contributed by atoms with E-state index in [1.54, 1.807) is 4.90 Å². The maximum absolute atomic E-state index is 11.1. The molecule has 64 valence electrons. The number of urea groups is 1. The van der Waals surface area contributed by atoms with Crippen molar-refractivity contribution in [2.75, 3.05) is 13.6 Å². The highest BCUT2D eigenvalue weighted by Gasteiger charge is 2.26. The highest BCUT2D eigenvalue weighted by molar-refractivity contribution is 5.74. The Labute approximate surface area is 67.8 Å². The van der Waals surface area contributed by atoms with E-state index in [1.165, 1.54) is 0 Å². The van der Waals surface area contributed by atoms with Gasteiger partial charge in [-0.15, -0.1) is 0 Å². The summed E-state index contributed by atoms with van der Waals surface area (Å²) < 4.78 is 0. The molecule has 0 aliphatic carbocycles. The summed E-state index contributed by atoms with van der Waals surface area (Å²) in [6.45, 7) is 5.13. The smallest absolute Gasteiger partial charge is 0.317 e. The zero-order valence-corrected chi connectivity index (χ0v) is 7.42. The van der Waals surface area contributed by atoms with Gasteiger partial charge in [0, 0.05) is 19.6 Å². The van der Waals surface area contributed by atoms with Crippen molar-refractivity contribution in [3.8, 4) is 0 Å². The fourth-order valence-corrected chi connectivity index (χ4v) is 1.58. The summed E-state index contributed by atoms with van der Waals surface area (Å²) in [6, 6.07) is 0.485. The summed E-state index contributed by atoms with van der Waals surface area (Å²) in [7, 11) is 1.86. The van der Waals surface area contributed by atoms with Crippen LogP contribution in [0.5, 0.6) is 0 Å². The van der Waals surface area contributed by atoms with Crippen LogP contribution in [-0.2, 0) is 0 Å². The van der Waals surface area contributed by atoms with E-state index in [9.17, 15) is 4.79 Å². The van der Waals surface area contributed by atoms with Crippen molar-refractivity contribution in [3.05, 3.63) is 0 Å². The molecule has 0 aromatic heterocycles. The number of carbonyl (C=O) groups excluding carboxylic acids is 1. The quantitative estimate of drug-likeness (QED) is 0.605. The number of amides is 2. The zero-order chi connectivity index (χ0) is 8.43. The molecule has 1 atom stereocenters. The van der Waals surface area contributed by atoms with Crippen molar-refractivity contribution >= 4 is 6.03 Å². The van der Waals surface area contributed by atoms with Gasteiger partial charge in [-0.05, 0) is 12.3 Å². The van der Waals surface area contributed by atoms with Crippen LogP contribution in [0.1, 0.15) is 20.3 Å². The summed E-state index contributed by atoms with van der Waals surface area (Å²) in [5.74, 6) is 0.561. The topological polar surface area (TPSA) is 32.3 Å². The molecule has 11 heavy (non-hydrogen) atoms. The van der Waals surface area contributed by atoms with Crippen molar-refractivity contribution in [2.45, 2.75) is 26.3 Å². The monoisotopic (exact) mass is 156 g/mol. The van der Waals surface area contributed by atoms with Gasteiger partial charge in [0.05, 0.1) is 0 Å². The number of hydrogen-bond donors (Lipinski definition) is 1. The van der Waals surface area contributed by atoms with E-state index < -0.39 is 0 Å². The average molecular weight is 156 g/mol. The second kappa shape index (κ2) is 3.11. The van der Waals surface area contributed by atoms with Crippen LogP contribution in [-0.4, -0.2) is 30.6 Å². The van der Waals surface area contributed by atoms with Gasteiger partial charge >= 0.3 is 6.03 Å². The second-order valence-electron chi connectivity index (χ2n) is 3.44. The Morgan fingerprint density at radius 2 is 2.27 bits per heavy atom. The molecule has 0 aromatic carbocycles. The first-order valence-electron chi connectivity index (χ1n) is 4.13. The lowest BCUT2D eigenvalue weighted by Crippen LogP contribution is -2.52. The first-order chi connectivity index (χ1) is 5.13. The SMILES string of the molecule is CC(C)C1CCNC(=O)N1C. The van der Waals surface area contributed by atoms with Crippen LogP contribution >= 0.6 is 0 Å². The van der Waals surface area contributed by atoms with Crippen molar-refractivity contribution in [2.24, 2.45) is 5.92 Å². The van der Waals surface area contributed by atoms with Crippen LogP contribution in [0, 0.1) is 5.92 Å². The Kier molecular flexibility index (Phi) is 2.37. The van der Waals surface area contributed by atoms with Crippen LogP contribution in [0.2, 0.25) is 0 Å². The van der Waals surface area contributed by atoms with Gasteiger partial charge in [-0.2, -0.15) is 0 Å². The summed E-state index contributed by atoms with van der Waals surface area (Å²) in [5, 5.41) is 2.80. The first-order valence-corrected chi connectivity index (χ1v) is 4.13. The highest BCUT2D eigenvalue weighted by Crippen LogP contribution is 2.15. The van der Waals surface area contributed by atoms with E-state index >= 15 is 0 Å². The van der Waals surface area contributed by atoms with Gasteiger partial charge in [0.2, 0.25) is 0 Å². The maximum Gasteiger partial charge on any atom is 0.317 e. The van der Waals surface area contributed by atoms with Crippen molar-refractivity contribution in [1.29, 1.82) is 0 Å². The lowest BCUT2D eigenvalue weighted by Gasteiger charge is -2.35. The molecule has 3 heteroatoms. The first kappa shape index (κ1) is 8.37. The maximum atomic E-state index is 11.1. The molecule has 1 heterocycles. The molecule has 0 saturated carbocycles. The van der Waals surface area contributed by atoms with E-state index in [4.69, 9.17) is 0 Å². The third-order valence-corrected chi connectivity index (χ3v) is 2.30. The lowest BCUT2D eigenvalue weighted by molar-refractivity contribution is 0.151. The molecule has 0 bridgehead atoms. The number of hydrogen-bond acceptors (Lipinski definition) is 1. The molecule has 2 amide bonds. The molecular formula is C8H16N2O. The molecular weight excluding hydrogens is 140 g/mol. The molecule has 1 aliphatic rings. The number of nitrogens with one attached hydrogen (secondary N) is 1. The Morgan fingerprint density at radius 1 is 1.64 bits per heavy atom. The van der Waals surface area contributed by atoms with E-state index in [2.05, 4.69) is 19.2 Å². The zero-order valence-electron chi connectivity index (χ0n) is 7.42. The molecule has 0 radical (unpaired) electrons. The Hall–Kier alpha value is -0.730. The summed E-state index contributed by atoms with van der Waals surface area (Å²) in [6.07, 6.45) is 1.07. The molecule has 1 rings (SSSR count). The Morgan fingerprint density at radius 3 is 2.73 bits per heavy atom. The number of rotatable bonds is 1. The third kappa shape index (κ3) is 1.64. The minimum absolute atomic E-state index is 0.0648. The molecule has 1 saturated heterocycles. The highest BCUT2D eigenvalue weighted by atomic mass is 16.2. The predicted molar refractivity (Wildman–Crippen MR) is 44.4 cm³/mol. The largest absolute Gasteiger partial charge is 0.338 e. The van der Waals surface area contributed by atoms with Gasteiger partial charge < -0.3 is 10.2 Å². The molecule has 1 unspecified atom stereocenters. The van der Waals surface area contributed by atoms with Crippen molar-refractivity contribution in [3.63, 3.8) is 0 Å². The van der Waals surface area contributed by atoms with Gasteiger partial charge in [0.15, 0.2) is 0 Å². The Balaban J connectivity index is 2.58. The fraction of sp³-hybridized carbons (Fsp3) is 0.875. The summed E-state index contributed by atoms with van der Waals surface area (Å²) in [4.78, 5) is 12.9. The molecule has 1 aliphatic heterocycles. The van der Waals surface area contributed by atoms with Crippen molar-refractivity contribution in [1.82, 2.24) is 10.2 Å². The van der Waals surface area contributed by atoms with Gasteiger partial charge in [-0.3, -0.25) is 0 Å². The standard InChI is InChI=1S/C8H16N2O/c1-6(2)7-4-5-9-8(11)10(7)3/h6-7H,4-5H2,1-3H3,(H,9,11). The fourth-order valence-electron chi connectivity index (χ4n) is 1.58. The van der Waals surface area contributed by atoms with E-state index in [0.29, 0.717) is 12.0 Å². The van der Waals surface area contributed by atoms with Crippen LogP contribution < -0.4 is 5.32 Å². The van der Waals surface area contributed by atoms with Crippen LogP contribution in [0.25, 0.3) is 0 Å². The van der Waals surface area contributed by atoms with Crippen molar-refractivity contribution < 1.29 is 4.79 Å². The molecule has 1 fully saturated rings. The van der Waals surface area contributed by atoms with E-state index in [0.717, 1.165) is 13.0 Å². The third-order valence-electron chi connectivity index (χ3n) is 2.30. The minimum atomic E-state index is 0.0648. The van der Waals surface area contributed by atoms with Crippen LogP contribution in [0.15, 0.2) is 0 Å². The molecule has 0 aromatic rings. The van der Waals surface area contributed by atoms with Crippen LogP contribution in [0.3, 0.4) is 0 Å². The minimum Gasteiger partial charge on any atom is -0.338 e. The lowest BCUT2D eigenvalue weighted by atomic mass is 9.98. The van der Waals surface area contributed by atoms with Gasteiger partial charge in [-0.25, -0.2) is 4.79 Å². The molecule has 0 spiro atoms. The average Bonchev–Trinajstić information content (AvgIpc) is 1.94. The normalized spacial score (nSPS) is 25.6. The summed E-state index contributed by atoms with van der Waals surface area (Å²) in [5.41, 5.74) is 0. The number of nitrogens with zero attached hydrogens (tertiary/aromatic N) is 1. The summed E-state index contributed by atoms with van der Waals surface area (Å²) >= 11 is 0. The Bertz CT molecular complexity index is 156. The number of carbonyl (C=O) groups is 1. The van der Waals surface area contributed by atoms with Gasteiger partial charge in [0.1, 0.15) is 0 Å². The molecule has 1 N–H and O–H groups in total. The van der Waals surface area contributed by atoms with Gasteiger partial charge in [0.25, 0.3) is 0 Å².